The minimum Gasteiger partial charge on any atom is -0.507 e. The number of carbonyl (C=O) groups is 2. The number of nitrogens with zero attached hydrogens (tertiary/aromatic N) is 1. The highest BCUT2D eigenvalue weighted by atomic mass is 35.5. The van der Waals surface area contributed by atoms with Gasteiger partial charge in [-0.25, -0.2) is 0 Å². The lowest BCUT2D eigenvalue weighted by Gasteiger charge is -2.23. The number of hydrogen-bond acceptors (Lipinski definition) is 4. The van der Waals surface area contributed by atoms with Gasteiger partial charge < -0.3 is 15.1 Å². The van der Waals surface area contributed by atoms with E-state index in [9.17, 15) is 19.8 Å². The molecule has 0 radical (unpaired) electrons. The largest absolute Gasteiger partial charge is 0.507 e. The van der Waals surface area contributed by atoms with E-state index in [0.717, 1.165) is 11.1 Å². The first kappa shape index (κ1) is 20.1. The summed E-state index contributed by atoms with van der Waals surface area (Å²) in [5.74, 6) is -1.32. The number of amides is 1. The summed E-state index contributed by atoms with van der Waals surface area (Å²) in [5.41, 5.74) is 0.784. The molecule has 0 fully saturated rings. The molecule has 1 heterocycles. The number of Topliss-reactive ketones (excluding diaryl/α,β-unsaturated/α-hetero) is 1. The maximum Gasteiger partial charge on any atom is 0.264 e. The molecule has 1 aliphatic heterocycles. The number of anilines is 1. The van der Waals surface area contributed by atoms with Gasteiger partial charge in [0.25, 0.3) is 5.91 Å². The van der Waals surface area contributed by atoms with E-state index >= 15 is 0 Å². The zero-order valence-electron chi connectivity index (χ0n) is 16.3. The van der Waals surface area contributed by atoms with Gasteiger partial charge in [-0.15, -0.1) is 0 Å². The van der Waals surface area contributed by atoms with Gasteiger partial charge in [0.1, 0.15) is 5.75 Å². The van der Waals surface area contributed by atoms with E-state index in [-0.39, 0.29) is 23.4 Å². The van der Waals surface area contributed by atoms with Crippen LogP contribution in [0.3, 0.4) is 0 Å². The third-order valence-electron chi connectivity index (χ3n) is 5.38. The normalized spacial score (nSPS) is 17.8. The minimum absolute atomic E-state index is 0.0549. The number of aromatic hydroxyl groups is 1. The lowest BCUT2D eigenvalue weighted by molar-refractivity contribution is -0.136. The maximum atomic E-state index is 13.3. The summed E-state index contributed by atoms with van der Waals surface area (Å²) in [4.78, 5) is 27.6. The molecule has 5 nitrogen and oxygen atoms in total. The minimum atomic E-state index is -2.07. The first-order valence-corrected chi connectivity index (χ1v) is 9.88. The van der Waals surface area contributed by atoms with Crippen molar-refractivity contribution in [3.8, 4) is 5.75 Å². The predicted octanol–water partition coefficient (Wildman–Crippen LogP) is 4.36. The molecule has 0 saturated heterocycles. The molecule has 0 aliphatic carbocycles. The fourth-order valence-electron chi connectivity index (χ4n) is 3.76. The molecule has 30 heavy (non-hydrogen) atoms. The Morgan fingerprint density at radius 1 is 1.07 bits per heavy atom. The number of carbonyl (C=O) groups excluding carboxylic acids is 2. The standard InChI is InChI=1S/C24H20ClNO4/c1-15-6-8-16(9-7-15)14-26-20-11-10-17(25)12-19(20)24(30,23(26)29)13-22(28)18-4-2-3-5-21(18)27/h2-12,27,30H,13-14H2,1H3/t24-/m0/s1. The molecule has 0 spiro atoms. The SMILES string of the molecule is Cc1ccc(CN2C(=O)[C@](O)(CC(=O)c3ccccc3O)c3cc(Cl)ccc32)cc1. The van der Waals surface area contributed by atoms with Crippen LogP contribution in [0.25, 0.3) is 0 Å². The molecule has 0 bridgehead atoms. The third-order valence-corrected chi connectivity index (χ3v) is 5.61. The molecule has 1 amide bonds. The van der Waals surface area contributed by atoms with Crippen molar-refractivity contribution in [1.82, 2.24) is 0 Å². The number of halogens is 1. The Hall–Kier alpha value is -3.15. The molecule has 0 aromatic heterocycles. The fraction of sp³-hybridized carbons (Fsp3) is 0.167. The second-order valence-electron chi connectivity index (χ2n) is 7.52. The summed E-state index contributed by atoms with van der Waals surface area (Å²) in [7, 11) is 0. The molecule has 1 aliphatic rings. The fourth-order valence-corrected chi connectivity index (χ4v) is 3.94. The van der Waals surface area contributed by atoms with Gasteiger partial charge in [0.2, 0.25) is 0 Å². The van der Waals surface area contributed by atoms with E-state index in [1.165, 1.54) is 23.1 Å². The highest BCUT2D eigenvalue weighted by Crippen LogP contribution is 2.45. The van der Waals surface area contributed by atoms with Crippen molar-refractivity contribution in [3.05, 3.63) is 94.0 Å². The number of aliphatic hydroxyl groups is 1. The van der Waals surface area contributed by atoms with Gasteiger partial charge in [-0.2, -0.15) is 0 Å². The number of phenolic OH excluding ortho intramolecular Hbond substituents is 1. The Labute approximate surface area is 179 Å². The number of hydrogen-bond donors (Lipinski definition) is 2. The van der Waals surface area contributed by atoms with Crippen LogP contribution in [-0.2, 0) is 16.9 Å². The van der Waals surface area contributed by atoms with Gasteiger partial charge in [-0.05, 0) is 42.8 Å². The van der Waals surface area contributed by atoms with Gasteiger partial charge in [-0.3, -0.25) is 9.59 Å². The van der Waals surface area contributed by atoms with Crippen molar-refractivity contribution in [1.29, 1.82) is 0 Å². The van der Waals surface area contributed by atoms with E-state index in [1.807, 2.05) is 31.2 Å². The van der Waals surface area contributed by atoms with Crippen molar-refractivity contribution in [3.63, 3.8) is 0 Å². The quantitative estimate of drug-likeness (QED) is 0.600. The summed E-state index contributed by atoms with van der Waals surface area (Å²) in [5, 5.41) is 21.7. The van der Waals surface area contributed by atoms with Crippen LogP contribution in [0.2, 0.25) is 5.02 Å². The van der Waals surface area contributed by atoms with Crippen LogP contribution in [0.15, 0.2) is 66.7 Å². The first-order valence-electron chi connectivity index (χ1n) is 9.51. The average Bonchev–Trinajstić information content (AvgIpc) is 2.91. The zero-order valence-corrected chi connectivity index (χ0v) is 17.1. The van der Waals surface area contributed by atoms with E-state index in [0.29, 0.717) is 10.7 Å². The average molecular weight is 422 g/mol. The van der Waals surface area contributed by atoms with E-state index in [4.69, 9.17) is 11.6 Å². The second-order valence-corrected chi connectivity index (χ2v) is 7.95. The Balaban J connectivity index is 1.72. The number of fused-ring (bicyclic) bond motifs is 1. The zero-order chi connectivity index (χ0) is 21.5. The number of ketones is 1. The molecule has 0 unspecified atom stereocenters. The van der Waals surface area contributed by atoms with Gasteiger partial charge in [-0.1, -0.05) is 53.6 Å². The summed E-state index contributed by atoms with van der Waals surface area (Å²) in [6.07, 6.45) is -0.499. The van der Waals surface area contributed by atoms with Crippen LogP contribution in [-0.4, -0.2) is 21.9 Å². The Kier molecular flexibility index (Phi) is 5.10. The number of benzene rings is 3. The van der Waals surface area contributed by atoms with Gasteiger partial charge in [0.05, 0.1) is 24.2 Å². The van der Waals surface area contributed by atoms with E-state index in [1.54, 1.807) is 24.3 Å². The molecule has 4 rings (SSSR count). The van der Waals surface area contributed by atoms with Crippen LogP contribution >= 0.6 is 11.6 Å². The van der Waals surface area contributed by atoms with Crippen LogP contribution in [0, 0.1) is 6.92 Å². The molecule has 152 valence electrons. The topological polar surface area (TPSA) is 77.8 Å². The van der Waals surface area contributed by atoms with E-state index in [2.05, 4.69) is 0 Å². The number of phenols is 1. The Morgan fingerprint density at radius 3 is 2.47 bits per heavy atom. The van der Waals surface area contributed by atoms with Crippen LogP contribution in [0.4, 0.5) is 5.69 Å². The van der Waals surface area contributed by atoms with Crippen molar-refractivity contribution >= 4 is 29.0 Å². The van der Waals surface area contributed by atoms with E-state index < -0.39 is 23.7 Å². The highest BCUT2D eigenvalue weighted by Gasteiger charge is 2.51. The molecule has 1 atom stereocenters. The maximum absolute atomic E-state index is 13.3. The predicted molar refractivity (Wildman–Crippen MR) is 115 cm³/mol. The van der Waals surface area contributed by atoms with Gasteiger partial charge in [0.15, 0.2) is 11.4 Å². The molecule has 0 saturated carbocycles. The second kappa shape index (κ2) is 7.59. The Morgan fingerprint density at radius 2 is 1.77 bits per heavy atom. The smallest absolute Gasteiger partial charge is 0.264 e. The number of para-hydroxylation sites is 1. The van der Waals surface area contributed by atoms with Gasteiger partial charge in [0, 0.05) is 10.6 Å². The summed E-state index contributed by atoms with van der Waals surface area (Å²) in [6.45, 7) is 2.23. The lowest BCUT2D eigenvalue weighted by atomic mass is 9.88. The van der Waals surface area contributed by atoms with Crippen molar-refractivity contribution < 1.29 is 19.8 Å². The summed E-state index contributed by atoms with van der Waals surface area (Å²) in [6, 6.07) is 18.6. The van der Waals surface area contributed by atoms with Crippen molar-refractivity contribution in [2.75, 3.05) is 4.90 Å². The summed E-state index contributed by atoms with van der Waals surface area (Å²) < 4.78 is 0. The Bertz CT molecular complexity index is 1140. The monoisotopic (exact) mass is 421 g/mol. The summed E-state index contributed by atoms with van der Waals surface area (Å²) >= 11 is 6.14. The van der Waals surface area contributed by atoms with Crippen molar-refractivity contribution in [2.24, 2.45) is 0 Å². The highest BCUT2D eigenvalue weighted by molar-refractivity contribution is 6.31. The van der Waals surface area contributed by atoms with Crippen LogP contribution in [0.1, 0.15) is 33.5 Å². The van der Waals surface area contributed by atoms with Gasteiger partial charge >= 0.3 is 0 Å². The first-order chi connectivity index (χ1) is 14.3. The molecular formula is C24H20ClNO4. The lowest BCUT2D eigenvalue weighted by Crippen LogP contribution is -2.41. The molecule has 3 aromatic rings. The van der Waals surface area contributed by atoms with Crippen LogP contribution in [0.5, 0.6) is 5.75 Å². The third kappa shape index (κ3) is 3.47. The van der Waals surface area contributed by atoms with Crippen molar-refractivity contribution in [2.45, 2.75) is 25.5 Å². The van der Waals surface area contributed by atoms with Crippen LogP contribution < -0.4 is 4.90 Å². The molecule has 2 N–H and O–H groups in total. The number of rotatable bonds is 5. The molecular weight excluding hydrogens is 402 g/mol. The molecule has 6 heteroatoms. The number of aryl methyl sites for hydroxylation is 1. The molecule has 3 aromatic carbocycles.